The third-order valence-electron chi connectivity index (χ3n) is 6.51. The van der Waals surface area contributed by atoms with Crippen molar-refractivity contribution in [1.82, 2.24) is 15.2 Å². The smallest absolute Gasteiger partial charge is 0.408 e. The van der Waals surface area contributed by atoms with E-state index in [-0.39, 0.29) is 44.6 Å². The Kier molecular flexibility index (Phi) is 15.6. The molecule has 0 aliphatic rings. The number of allylic oxidation sites excluding steroid dienone is 1. The van der Waals surface area contributed by atoms with Gasteiger partial charge in [0.25, 0.3) is 5.56 Å². The fraction of sp³-hybridized carbons (Fsp3) is 0.438. The lowest BCUT2D eigenvalue weighted by molar-refractivity contribution is -0.138. The molecule has 2 aromatic rings. The van der Waals surface area contributed by atoms with Crippen LogP contribution in [0, 0.1) is 5.92 Å². The number of alkyl carbamates (subject to hydrolysis) is 1. The maximum atomic E-state index is 13.4. The number of aliphatic carboxylic acids is 1. The molecule has 2 rings (SSSR count). The van der Waals surface area contributed by atoms with Crippen LogP contribution in [0.3, 0.4) is 0 Å². The van der Waals surface area contributed by atoms with Gasteiger partial charge >= 0.3 is 18.0 Å². The Labute approximate surface area is 262 Å². The first-order valence-corrected chi connectivity index (χ1v) is 14.8. The Morgan fingerprint density at radius 1 is 0.956 bits per heavy atom. The number of carboxylic acids is 1. The number of carboxylic acid groups (broad SMARTS) is 1. The molecule has 13 heteroatoms. The van der Waals surface area contributed by atoms with Crippen molar-refractivity contribution >= 4 is 35.5 Å². The third kappa shape index (κ3) is 13.5. The molecule has 3 amide bonds. The Balaban J connectivity index is 2.23. The summed E-state index contributed by atoms with van der Waals surface area (Å²) in [5.74, 6) is -2.62. The topological polar surface area (TPSA) is 182 Å². The number of nitrogens with one attached hydrogen (secondary N) is 3. The van der Waals surface area contributed by atoms with Crippen molar-refractivity contribution in [3.05, 3.63) is 76.7 Å². The van der Waals surface area contributed by atoms with E-state index in [1.807, 2.05) is 19.9 Å². The molecular weight excluding hydrogens is 584 g/mol. The average Bonchev–Trinajstić information content (AvgIpc) is 2.99. The summed E-state index contributed by atoms with van der Waals surface area (Å²) in [6.45, 7) is 6.17. The molecule has 0 spiro atoms. The van der Waals surface area contributed by atoms with Gasteiger partial charge in [-0.15, -0.1) is 0 Å². The molecule has 0 radical (unpaired) electrons. The number of rotatable bonds is 18. The number of esters is 1. The minimum atomic E-state index is -1.17. The van der Waals surface area contributed by atoms with Gasteiger partial charge in [-0.25, -0.2) is 9.59 Å². The number of carbonyl (C=O) groups excluding carboxylic acids is 4. The number of pyridine rings is 1. The van der Waals surface area contributed by atoms with Crippen molar-refractivity contribution in [1.29, 1.82) is 0 Å². The summed E-state index contributed by atoms with van der Waals surface area (Å²) in [6, 6.07) is 9.42. The second-order valence-electron chi connectivity index (χ2n) is 10.5. The van der Waals surface area contributed by atoms with Crippen LogP contribution in [0.4, 0.5) is 10.5 Å². The summed E-state index contributed by atoms with van der Waals surface area (Å²) in [7, 11) is 0. The molecule has 1 aromatic carbocycles. The molecule has 45 heavy (non-hydrogen) atoms. The first-order valence-electron chi connectivity index (χ1n) is 14.8. The van der Waals surface area contributed by atoms with Crippen molar-refractivity contribution < 1.29 is 38.6 Å². The zero-order valence-electron chi connectivity index (χ0n) is 25.8. The zero-order chi connectivity index (χ0) is 33.2. The molecule has 13 nitrogen and oxygen atoms in total. The normalized spacial score (nSPS) is 12.3. The van der Waals surface area contributed by atoms with Gasteiger partial charge in [0.1, 0.15) is 24.4 Å². The van der Waals surface area contributed by atoms with Crippen molar-refractivity contribution in [3.8, 4) is 0 Å². The Hall–Kier alpha value is -4.94. The highest BCUT2D eigenvalue weighted by Crippen LogP contribution is 2.15. The maximum Gasteiger partial charge on any atom is 0.408 e. The van der Waals surface area contributed by atoms with Crippen LogP contribution >= 0.6 is 0 Å². The number of nitrogens with zero attached hydrogens (tertiary/aromatic N) is 1. The van der Waals surface area contributed by atoms with Crippen LogP contribution in [0.15, 0.2) is 65.6 Å². The zero-order valence-corrected chi connectivity index (χ0v) is 25.8. The van der Waals surface area contributed by atoms with Crippen LogP contribution in [0.5, 0.6) is 0 Å². The SMILES string of the molecule is CCOC(=O)/C=C/CC[C@H](NC(=O)OCc1ccccc1)C(=O)Nc1cccn([C@@H](CCC(=O)O)C(=O)NCCC(C)C)c1=O. The van der Waals surface area contributed by atoms with Crippen molar-refractivity contribution in [2.45, 2.75) is 71.6 Å². The lowest BCUT2D eigenvalue weighted by Gasteiger charge is -2.21. The van der Waals surface area contributed by atoms with Gasteiger partial charge in [0, 0.05) is 25.2 Å². The van der Waals surface area contributed by atoms with Crippen molar-refractivity contribution in [2.75, 3.05) is 18.5 Å². The largest absolute Gasteiger partial charge is 0.481 e. The Morgan fingerprint density at radius 2 is 1.69 bits per heavy atom. The van der Waals surface area contributed by atoms with Crippen LogP contribution in [-0.4, -0.2) is 58.7 Å². The van der Waals surface area contributed by atoms with E-state index >= 15 is 0 Å². The van der Waals surface area contributed by atoms with E-state index in [2.05, 4.69) is 16.0 Å². The molecule has 0 saturated heterocycles. The fourth-order valence-electron chi connectivity index (χ4n) is 4.14. The minimum Gasteiger partial charge on any atom is -0.481 e. The number of aromatic nitrogens is 1. The predicted octanol–water partition coefficient (Wildman–Crippen LogP) is 3.55. The molecule has 0 aliphatic heterocycles. The van der Waals surface area contributed by atoms with E-state index in [1.165, 1.54) is 30.5 Å². The number of ether oxygens (including phenoxy) is 2. The number of amides is 3. The molecule has 2 atom stereocenters. The fourth-order valence-corrected chi connectivity index (χ4v) is 4.14. The van der Waals surface area contributed by atoms with Crippen LogP contribution in [0.1, 0.15) is 64.5 Å². The number of hydrogen-bond acceptors (Lipinski definition) is 8. The van der Waals surface area contributed by atoms with E-state index in [9.17, 15) is 33.9 Å². The van der Waals surface area contributed by atoms with Crippen LogP contribution < -0.4 is 21.5 Å². The number of benzene rings is 1. The van der Waals surface area contributed by atoms with Gasteiger partial charge < -0.3 is 35.1 Å². The second-order valence-corrected chi connectivity index (χ2v) is 10.5. The predicted molar refractivity (Wildman–Crippen MR) is 166 cm³/mol. The molecule has 0 aliphatic carbocycles. The summed E-state index contributed by atoms with van der Waals surface area (Å²) in [5.41, 5.74) is -0.168. The summed E-state index contributed by atoms with van der Waals surface area (Å²) in [4.78, 5) is 75.3. The number of anilines is 1. The van der Waals surface area contributed by atoms with Crippen LogP contribution in [-0.2, 0) is 35.3 Å². The van der Waals surface area contributed by atoms with E-state index in [0.717, 1.165) is 10.1 Å². The highest BCUT2D eigenvalue weighted by Gasteiger charge is 2.26. The molecule has 1 heterocycles. The lowest BCUT2D eigenvalue weighted by atomic mass is 10.1. The van der Waals surface area contributed by atoms with E-state index in [0.29, 0.717) is 18.9 Å². The van der Waals surface area contributed by atoms with Gasteiger partial charge in [-0.05, 0) is 56.2 Å². The van der Waals surface area contributed by atoms with Gasteiger partial charge in [0.05, 0.1) is 6.61 Å². The summed E-state index contributed by atoms with van der Waals surface area (Å²) >= 11 is 0. The van der Waals surface area contributed by atoms with Crippen LogP contribution in [0.25, 0.3) is 0 Å². The van der Waals surface area contributed by atoms with E-state index in [4.69, 9.17) is 9.47 Å². The first-order chi connectivity index (χ1) is 21.5. The van der Waals surface area contributed by atoms with Crippen molar-refractivity contribution in [3.63, 3.8) is 0 Å². The maximum absolute atomic E-state index is 13.4. The highest BCUT2D eigenvalue weighted by molar-refractivity contribution is 5.96. The molecule has 0 fully saturated rings. The van der Waals surface area contributed by atoms with Gasteiger partial charge in [-0.2, -0.15) is 0 Å². The summed E-state index contributed by atoms with van der Waals surface area (Å²) in [5, 5.41) is 17.0. The first kappa shape index (κ1) is 36.3. The molecule has 1 aromatic heterocycles. The number of carbonyl (C=O) groups is 5. The third-order valence-corrected chi connectivity index (χ3v) is 6.51. The molecule has 4 N–H and O–H groups in total. The average molecular weight is 627 g/mol. The van der Waals surface area contributed by atoms with Crippen molar-refractivity contribution in [2.24, 2.45) is 5.92 Å². The monoisotopic (exact) mass is 626 g/mol. The van der Waals surface area contributed by atoms with E-state index in [1.54, 1.807) is 31.2 Å². The lowest BCUT2D eigenvalue weighted by Crippen LogP contribution is -2.45. The van der Waals surface area contributed by atoms with E-state index < -0.39 is 47.5 Å². The quantitative estimate of drug-likeness (QED) is 0.142. The molecular formula is C32H42N4O9. The van der Waals surface area contributed by atoms with Gasteiger partial charge in [0.2, 0.25) is 11.8 Å². The Bertz CT molecular complexity index is 1370. The molecule has 244 valence electrons. The Morgan fingerprint density at radius 3 is 2.36 bits per heavy atom. The summed E-state index contributed by atoms with van der Waals surface area (Å²) in [6.07, 6.45) is 3.62. The second kappa shape index (κ2) is 19.4. The highest BCUT2D eigenvalue weighted by atomic mass is 16.5. The summed E-state index contributed by atoms with van der Waals surface area (Å²) < 4.78 is 11.2. The van der Waals surface area contributed by atoms with Gasteiger partial charge in [-0.1, -0.05) is 50.3 Å². The molecule has 0 saturated carbocycles. The van der Waals surface area contributed by atoms with Gasteiger partial charge in [-0.3, -0.25) is 19.2 Å². The standard InChI is InChI=1S/C32H42N4O9/c1-4-44-28(39)15-9-8-13-24(35-32(43)45-21-23-11-6-5-7-12-23)29(40)34-25-14-10-20-36(31(25)42)26(16-17-27(37)38)30(41)33-19-18-22(2)3/h5-7,9-12,14-15,20,22,24,26H,4,8,13,16-19,21H2,1-3H3,(H,33,41)(H,34,40)(H,35,43)(H,37,38)/b15-9+/t24-,26-/m0/s1. The number of hydrogen-bond donors (Lipinski definition) is 4. The van der Waals surface area contributed by atoms with Gasteiger partial charge in [0.15, 0.2) is 0 Å². The van der Waals surface area contributed by atoms with Crippen LogP contribution in [0.2, 0.25) is 0 Å². The molecule has 0 unspecified atom stereocenters. The molecule has 0 bridgehead atoms. The minimum absolute atomic E-state index is 0.0376.